The number of sulfonamides is 1. The van der Waals surface area contributed by atoms with Crippen LogP contribution in [-0.4, -0.2) is 60.9 Å². The van der Waals surface area contributed by atoms with E-state index in [2.05, 4.69) is 15.8 Å². The van der Waals surface area contributed by atoms with E-state index in [-0.39, 0.29) is 28.8 Å². The summed E-state index contributed by atoms with van der Waals surface area (Å²) < 4.78 is 49.7. The van der Waals surface area contributed by atoms with Gasteiger partial charge in [-0.2, -0.15) is 5.10 Å². The maximum Gasteiger partial charge on any atom is 0.264 e. The van der Waals surface area contributed by atoms with Crippen LogP contribution in [0.3, 0.4) is 0 Å². The molecule has 0 atom stereocenters. The number of hydrazone groups is 1. The van der Waals surface area contributed by atoms with E-state index in [0.717, 1.165) is 4.31 Å². The number of amides is 2. The molecule has 0 radical (unpaired) electrons. The molecule has 0 fully saturated rings. The molecule has 234 valence electrons. The topological polar surface area (TPSA) is 145 Å². The Bertz CT molecular complexity index is 1750. The Morgan fingerprint density at radius 3 is 2.13 bits per heavy atom. The Morgan fingerprint density at radius 1 is 0.778 bits per heavy atom. The second kappa shape index (κ2) is 15.3. The Labute approximate surface area is 261 Å². The minimum absolute atomic E-state index is 0.00856. The van der Waals surface area contributed by atoms with Gasteiger partial charge in [0, 0.05) is 6.07 Å². The highest BCUT2D eigenvalue weighted by Gasteiger charge is 2.30. The summed E-state index contributed by atoms with van der Waals surface area (Å²) in [6.45, 7) is -0.816. The standard InChI is InChI=1S/C32H32N4O8S/c1-41-25-17-18-30(43-3)28(19-25)36(45(39,40)26-9-5-4-6-10-26)21-31(37)35-33-20-23-13-15-24(16-14-23)44-22-32(38)34-27-11-7-8-12-29(27)42-2/h4-20H,21-22H2,1-3H3,(H,34,38)(H,35,37)/b33-20-. The second-order valence-corrected chi connectivity index (χ2v) is 11.1. The predicted molar refractivity (Wildman–Crippen MR) is 170 cm³/mol. The van der Waals surface area contributed by atoms with Gasteiger partial charge in [0.05, 0.1) is 43.8 Å². The van der Waals surface area contributed by atoms with Gasteiger partial charge >= 0.3 is 0 Å². The van der Waals surface area contributed by atoms with Gasteiger partial charge in [-0.05, 0) is 66.2 Å². The number of carbonyl (C=O) groups excluding carboxylic acids is 2. The van der Waals surface area contributed by atoms with Crippen LogP contribution >= 0.6 is 0 Å². The highest BCUT2D eigenvalue weighted by molar-refractivity contribution is 7.92. The fourth-order valence-corrected chi connectivity index (χ4v) is 5.53. The molecule has 4 rings (SSSR count). The summed E-state index contributed by atoms with van der Waals surface area (Å²) in [6.07, 6.45) is 1.39. The first-order chi connectivity index (χ1) is 21.7. The number of nitrogens with one attached hydrogen (secondary N) is 2. The van der Waals surface area contributed by atoms with Crippen LogP contribution in [-0.2, 0) is 19.6 Å². The normalized spacial score (nSPS) is 11.0. The van der Waals surface area contributed by atoms with E-state index in [0.29, 0.717) is 28.5 Å². The molecule has 0 aliphatic carbocycles. The van der Waals surface area contributed by atoms with Crippen molar-refractivity contribution in [2.45, 2.75) is 4.90 Å². The molecule has 4 aromatic carbocycles. The zero-order chi connectivity index (χ0) is 32.2. The summed E-state index contributed by atoms with van der Waals surface area (Å²) in [5.41, 5.74) is 3.63. The molecule has 0 heterocycles. The third-order valence-corrected chi connectivity index (χ3v) is 8.08. The first-order valence-corrected chi connectivity index (χ1v) is 15.0. The third kappa shape index (κ3) is 8.51. The minimum atomic E-state index is -4.19. The fourth-order valence-electron chi connectivity index (χ4n) is 4.09. The summed E-state index contributed by atoms with van der Waals surface area (Å²) in [5, 5.41) is 6.70. The lowest BCUT2D eigenvalue weighted by Crippen LogP contribution is -2.39. The molecule has 0 bridgehead atoms. The van der Waals surface area contributed by atoms with Crippen LogP contribution in [0.1, 0.15) is 5.56 Å². The van der Waals surface area contributed by atoms with Crippen LogP contribution in [0.2, 0.25) is 0 Å². The molecule has 0 aliphatic rings. The molecule has 45 heavy (non-hydrogen) atoms. The number of benzene rings is 4. The number of para-hydroxylation sites is 2. The smallest absolute Gasteiger partial charge is 0.264 e. The van der Waals surface area contributed by atoms with Gasteiger partial charge in [0.25, 0.3) is 21.8 Å². The molecular formula is C32H32N4O8S. The molecule has 0 saturated carbocycles. The Balaban J connectivity index is 1.40. The van der Waals surface area contributed by atoms with Gasteiger partial charge in [0.2, 0.25) is 0 Å². The monoisotopic (exact) mass is 632 g/mol. The molecule has 2 amide bonds. The number of carbonyl (C=O) groups is 2. The predicted octanol–water partition coefficient (Wildman–Crippen LogP) is 4.08. The van der Waals surface area contributed by atoms with E-state index >= 15 is 0 Å². The number of rotatable bonds is 14. The van der Waals surface area contributed by atoms with Crippen molar-refractivity contribution in [1.29, 1.82) is 0 Å². The van der Waals surface area contributed by atoms with Crippen molar-refractivity contribution in [2.75, 3.05) is 44.1 Å². The van der Waals surface area contributed by atoms with E-state index in [9.17, 15) is 18.0 Å². The zero-order valence-electron chi connectivity index (χ0n) is 24.8. The molecule has 2 N–H and O–H groups in total. The van der Waals surface area contributed by atoms with Gasteiger partial charge in [0.1, 0.15) is 29.5 Å². The average Bonchev–Trinajstić information content (AvgIpc) is 3.07. The van der Waals surface area contributed by atoms with Crippen LogP contribution in [0.4, 0.5) is 11.4 Å². The molecular weight excluding hydrogens is 600 g/mol. The minimum Gasteiger partial charge on any atom is -0.497 e. The first kappa shape index (κ1) is 32.4. The van der Waals surface area contributed by atoms with E-state index < -0.39 is 22.5 Å². The lowest BCUT2D eigenvalue weighted by atomic mass is 10.2. The summed E-state index contributed by atoms with van der Waals surface area (Å²) in [7, 11) is 0.177. The van der Waals surface area contributed by atoms with Crippen LogP contribution in [0, 0.1) is 0 Å². The molecule has 0 unspecified atom stereocenters. The summed E-state index contributed by atoms with van der Waals surface area (Å²) >= 11 is 0. The van der Waals surface area contributed by atoms with Crippen molar-refractivity contribution in [2.24, 2.45) is 5.10 Å². The highest BCUT2D eigenvalue weighted by Crippen LogP contribution is 2.35. The van der Waals surface area contributed by atoms with Crippen molar-refractivity contribution < 1.29 is 37.0 Å². The van der Waals surface area contributed by atoms with Crippen molar-refractivity contribution >= 4 is 39.4 Å². The lowest BCUT2D eigenvalue weighted by Gasteiger charge is -2.25. The largest absolute Gasteiger partial charge is 0.497 e. The van der Waals surface area contributed by atoms with Crippen LogP contribution in [0.25, 0.3) is 0 Å². The zero-order valence-corrected chi connectivity index (χ0v) is 25.6. The van der Waals surface area contributed by atoms with E-state index in [4.69, 9.17) is 18.9 Å². The first-order valence-electron chi connectivity index (χ1n) is 13.5. The van der Waals surface area contributed by atoms with Gasteiger partial charge in [-0.15, -0.1) is 0 Å². The second-order valence-electron chi connectivity index (χ2n) is 9.26. The van der Waals surface area contributed by atoms with Crippen molar-refractivity contribution in [3.8, 4) is 23.0 Å². The van der Waals surface area contributed by atoms with Crippen LogP contribution in [0.5, 0.6) is 23.0 Å². The Kier molecular flexibility index (Phi) is 11.0. The van der Waals surface area contributed by atoms with Gasteiger partial charge in [-0.3, -0.25) is 13.9 Å². The summed E-state index contributed by atoms with van der Waals surface area (Å²) in [6, 6.07) is 26.1. The molecule has 0 aliphatic heterocycles. The molecule has 12 nitrogen and oxygen atoms in total. The van der Waals surface area contributed by atoms with Gasteiger partial charge in [-0.25, -0.2) is 13.8 Å². The fraction of sp³-hybridized carbons (Fsp3) is 0.156. The van der Waals surface area contributed by atoms with Crippen molar-refractivity contribution in [3.63, 3.8) is 0 Å². The SMILES string of the molecule is COc1ccc(OC)c(N(CC(=O)N/N=C\c2ccc(OCC(=O)Nc3ccccc3OC)cc2)S(=O)(=O)c2ccccc2)c1. The summed E-state index contributed by atoms with van der Waals surface area (Å²) in [5.74, 6) is 0.528. The molecule has 0 saturated heterocycles. The number of anilines is 2. The highest BCUT2D eigenvalue weighted by atomic mass is 32.2. The number of methoxy groups -OCH3 is 3. The van der Waals surface area contributed by atoms with Crippen LogP contribution < -0.4 is 34.0 Å². The third-order valence-electron chi connectivity index (χ3n) is 6.31. The van der Waals surface area contributed by atoms with Crippen LogP contribution in [0.15, 0.2) is 107 Å². The summed E-state index contributed by atoms with van der Waals surface area (Å²) in [4.78, 5) is 25.2. The average molecular weight is 633 g/mol. The molecule has 4 aromatic rings. The van der Waals surface area contributed by atoms with Crippen molar-refractivity contribution in [1.82, 2.24) is 5.43 Å². The molecule has 13 heteroatoms. The quantitative estimate of drug-likeness (QED) is 0.156. The number of hydrogen-bond acceptors (Lipinski definition) is 9. The van der Waals surface area contributed by atoms with E-state index in [1.807, 2.05) is 0 Å². The van der Waals surface area contributed by atoms with Gasteiger partial charge in [0.15, 0.2) is 6.61 Å². The molecule has 0 spiro atoms. The maximum atomic E-state index is 13.6. The number of hydrogen-bond donors (Lipinski definition) is 2. The Hall–Kier alpha value is -5.56. The molecule has 0 aromatic heterocycles. The number of ether oxygens (including phenoxy) is 4. The van der Waals surface area contributed by atoms with E-state index in [1.54, 1.807) is 78.9 Å². The van der Waals surface area contributed by atoms with Gasteiger partial charge < -0.3 is 24.3 Å². The number of nitrogens with zero attached hydrogens (tertiary/aromatic N) is 2. The van der Waals surface area contributed by atoms with Gasteiger partial charge in [-0.1, -0.05) is 30.3 Å². The lowest BCUT2D eigenvalue weighted by molar-refractivity contribution is -0.119. The maximum absolute atomic E-state index is 13.6. The van der Waals surface area contributed by atoms with Crippen molar-refractivity contribution in [3.05, 3.63) is 103 Å². The Morgan fingerprint density at radius 2 is 1.44 bits per heavy atom. The van der Waals surface area contributed by atoms with E-state index in [1.165, 1.54) is 45.7 Å².